The van der Waals surface area contributed by atoms with Gasteiger partial charge in [-0.1, -0.05) is 65.2 Å². The molecule has 0 aromatic carbocycles. The van der Waals surface area contributed by atoms with Gasteiger partial charge in [0.25, 0.3) is 0 Å². The van der Waals surface area contributed by atoms with Crippen LogP contribution >= 0.6 is 0 Å². The summed E-state index contributed by atoms with van der Waals surface area (Å²) in [5.74, 6) is -1.65. The number of carbonyl (C=O) groups is 2. The summed E-state index contributed by atoms with van der Waals surface area (Å²) in [6.07, 6.45) is 11.4. The normalized spacial score (nSPS) is 13.7. The molecule has 0 aromatic rings. The lowest BCUT2D eigenvalue weighted by Crippen LogP contribution is -2.13. The van der Waals surface area contributed by atoms with E-state index in [1.807, 2.05) is 13.8 Å². The number of unbranched alkanes of at least 4 members (excludes halogenated alkanes) is 5. The zero-order valence-corrected chi connectivity index (χ0v) is 14.4. The maximum atomic E-state index is 11.0. The fraction of sp³-hybridized carbons (Fsp3) is 0.889. The van der Waals surface area contributed by atoms with Crippen LogP contribution in [0.1, 0.15) is 90.9 Å². The van der Waals surface area contributed by atoms with Gasteiger partial charge in [0.15, 0.2) is 0 Å². The monoisotopic (exact) mass is 314 g/mol. The van der Waals surface area contributed by atoms with Crippen LogP contribution in [-0.4, -0.2) is 22.2 Å². The lowest BCUT2D eigenvalue weighted by atomic mass is 9.95. The third-order valence-electron chi connectivity index (χ3n) is 4.33. The van der Waals surface area contributed by atoms with Gasteiger partial charge in [0.05, 0.1) is 11.8 Å². The Kier molecular flexibility index (Phi) is 12.9. The Morgan fingerprint density at radius 2 is 0.955 bits per heavy atom. The van der Waals surface area contributed by atoms with Gasteiger partial charge in [-0.15, -0.1) is 0 Å². The molecule has 0 radical (unpaired) electrons. The molecule has 22 heavy (non-hydrogen) atoms. The summed E-state index contributed by atoms with van der Waals surface area (Å²) in [7, 11) is 0. The Morgan fingerprint density at radius 3 is 1.23 bits per heavy atom. The molecule has 0 bridgehead atoms. The van der Waals surface area contributed by atoms with E-state index < -0.39 is 11.9 Å². The number of carboxylic acid groups (broad SMARTS) is 2. The van der Waals surface area contributed by atoms with Crippen molar-refractivity contribution in [3.63, 3.8) is 0 Å². The van der Waals surface area contributed by atoms with E-state index in [4.69, 9.17) is 10.2 Å². The molecular formula is C18H34O4. The number of hydrogen-bond acceptors (Lipinski definition) is 2. The predicted molar refractivity (Wildman–Crippen MR) is 89.0 cm³/mol. The number of aliphatic carboxylic acids is 2. The van der Waals surface area contributed by atoms with Gasteiger partial charge < -0.3 is 10.2 Å². The molecule has 0 rings (SSSR count). The molecule has 0 saturated carbocycles. The molecular weight excluding hydrogens is 280 g/mol. The molecule has 2 atom stereocenters. The zero-order chi connectivity index (χ0) is 16.8. The molecule has 0 aliphatic rings. The van der Waals surface area contributed by atoms with Crippen LogP contribution in [0.4, 0.5) is 0 Å². The van der Waals surface area contributed by atoms with Crippen LogP contribution in [0.5, 0.6) is 0 Å². The summed E-state index contributed by atoms with van der Waals surface area (Å²) in [5, 5.41) is 18.1. The van der Waals surface area contributed by atoms with Crippen LogP contribution in [0.2, 0.25) is 0 Å². The van der Waals surface area contributed by atoms with E-state index in [1.165, 1.54) is 0 Å². The van der Waals surface area contributed by atoms with E-state index in [1.54, 1.807) is 0 Å². The Balaban J connectivity index is 3.57. The predicted octanol–water partition coefficient (Wildman–Crippen LogP) is 5.11. The molecule has 4 nitrogen and oxygen atoms in total. The Labute approximate surface area is 135 Å². The van der Waals surface area contributed by atoms with Crippen molar-refractivity contribution in [3.8, 4) is 0 Å². The first-order valence-electron chi connectivity index (χ1n) is 8.98. The fourth-order valence-corrected chi connectivity index (χ4v) is 2.97. The number of hydrogen-bond donors (Lipinski definition) is 2. The minimum atomic E-state index is -0.655. The number of rotatable bonds is 15. The van der Waals surface area contributed by atoms with Gasteiger partial charge in [0.2, 0.25) is 0 Å². The molecule has 0 fully saturated rings. The minimum absolute atomic E-state index is 0.171. The highest BCUT2D eigenvalue weighted by atomic mass is 16.4. The Morgan fingerprint density at radius 1 is 0.636 bits per heavy atom. The Bertz CT molecular complexity index is 271. The third-order valence-corrected chi connectivity index (χ3v) is 4.33. The fourth-order valence-electron chi connectivity index (χ4n) is 2.97. The average Bonchev–Trinajstić information content (AvgIpc) is 2.47. The molecule has 2 N–H and O–H groups in total. The first-order valence-corrected chi connectivity index (χ1v) is 8.98. The maximum absolute atomic E-state index is 11.0. The van der Waals surface area contributed by atoms with Gasteiger partial charge in [0, 0.05) is 0 Å². The van der Waals surface area contributed by atoms with Gasteiger partial charge in [-0.2, -0.15) is 0 Å². The number of carboxylic acids is 2. The molecule has 0 aliphatic carbocycles. The summed E-state index contributed by atoms with van der Waals surface area (Å²) >= 11 is 0. The largest absolute Gasteiger partial charge is 0.481 e. The summed E-state index contributed by atoms with van der Waals surface area (Å²) in [5.41, 5.74) is 0. The van der Waals surface area contributed by atoms with Crippen molar-refractivity contribution in [1.82, 2.24) is 0 Å². The first kappa shape index (κ1) is 20.9. The van der Waals surface area contributed by atoms with Gasteiger partial charge in [-0.25, -0.2) is 0 Å². The zero-order valence-electron chi connectivity index (χ0n) is 14.4. The van der Waals surface area contributed by atoms with Gasteiger partial charge >= 0.3 is 11.9 Å². The topological polar surface area (TPSA) is 74.6 Å². The average molecular weight is 314 g/mol. The third kappa shape index (κ3) is 10.6. The summed E-state index contributed by atoms with van der Waals surface area (Å²) in [6.45, 7) is 4.05. The van der Waals surface area contributed by atoms with E-state index >= 15 is 0 Å². The van der Waals surface area contributed by atoms with Crippen LogP contribution in [0.25, 0.3) is 0 Å². The van der Waals surface area contributed by atoms with E-state index in [9.17, 15) is 9.59 Å². The molecule has 0 amide bonds. The minimum Gasteiger partial charge on any atom is -0.481 e. The van der Waals surface area contributed by atoms with Gasteiger partial charge in [-0.3, -0.25) is 9.59 Å². The highest BCUT2D eigenvalue weighted by molar-refractivity contribution is 5.70. The summed E-state index contributed by atoms with van der Waals surface area (Å²) in [4.78, 5) is 22.0. The SMILES string of the molecule is CCCC(CCCCCCCCC(CCC)C(=O)O)C(=O)O. The smallest absolute Gasteiger partial charge is 0.306 e. The quantitative estimate of drug-likeness (QED) is 0.412. The van der Waals surface area contributed by atoms with Gasteiger partial charge in [0.1, 0.15) is 0 Å². The standard InChI is InChI=1S/C18H34O4/c1-3-11-15(17(19)20)13-9-7-5-6-8-10-14-16(12-4-2)18(21)22/h15-16H,3-14H2,1-2H3,(H,19,20)(H,21,22). The van der Waals surface area contributed by atoms with Crippen molar-refractivity contribution in [3.05, 3.63) is 0 Å². The second-order valence-electron chi connectivity index (χ2n) is 6.35. The molecule has 2 unspecified atom stereocenters. The first-order chi connectivity index (χ1) is 10.5. The van der Waals surface area contributed by atoms with Crippen molar-refractivity contribution in [1.29, 1.82) is 0 Å². The molecule has 0 spiro atoms. The highest BCUT2D eigenvalue weighted by Gasteiger charge is 2.16. The van der Waals surface area contributed by atoms with Crippen molar-refractivity contribution in [2.45, 2.75) is 90.9 Å². The second kappa shape index (κ2) is 13.6. The van der Waals surface area contributed by atoms with E-state index in [0.29, 0.717) is 0 Å². The van der Waals surface area contributed by atoms with Crippen molar-refractivity contribution >= 4 is 11.9 Å². The molecule has 130 valence electrons. The summed E-state index contributed by atoms with van der Waals surface area (Å²) < 4.78 is 0. The van der Waals surface area contributed by atoms with Crippen LogP contribution in [0, 0.1) is 11.8 Å². The molecule has 0 aliphatic heterocycles. The molecule has 0 heterocycles. The van der Waals surface area contributed by atoms with E-state index in [-0.39, 0.29) is 11.8 Å². The maximum Gasteiger partial charge on any atom is 0.306 e. The van der Waals surface area contributed by atoms with Crippen LogP contribution in [0.15, 0.2) is 0 Å². The molecule has 0 aromatic heterocycles. The van der Waals surface area contributed by atoms with Crippen LogP contribution < -0.4 is 0 Å². The van der Waals surface area contributed by atoms with Crippen LogP contribution in [0.3, 0.4) is 0 Å². The van der Waals surface area contributed by atoms with Crippen molar-refractivity contribution < 1.29 is 19.8 Å². The van der Waals surface area contributed by atoms with Crippen molar-refractivity contribution in [2.24, 2.45) is 11.8 Å². The molecule has 4 heteroatoms. The molecule has 0 saturated heterocycles. The van der Waals surface area contributed by atoms with E-state index in [0.717, 1.165) is 77.0 Å². The van der Waals surface area contributed by atoms with Crippen LogP contribution in [-0.2, 0) is 9.59 Å². The summed E-state index contributed by atoms with van der Waals surface area (Å²) in [6, 6.07) is 0. The van der Waals surface area contributed by atoms with Crippen molar-refractivity contribution in [2.75, 3.05) is 0 Å². The lowest BCUT2D eigenvalue weighted by molar-refractivity contribution is -0.143. The highest BCUT2D eigenvalue weighted by Crippen LogP contribution is 2.19. The lowest BCUT2D eigenvalue weighted by Gasteiger charge is -2.11. The second-order valence-corrected chi connectivity index (χ2v) is 6.35. The van der Waals surface area contributed by atoms with Gasteiger partial charge in [-0.05, 0) is 25.7 Å². The van der Waals surface area contributed by atoms with E-state index in [2.05, 4.69) is 0 Å². The Hall–Kier alpha value is -1.06.